The smallest absolute Gasteiger partial charge is 0.362 e. The molecule has 0 fully saturated rings. The van der Waals surface area contributed by atoms with Gasteiger partial charge in [0.1, 0.15) is 5.82 Å². The first kappa shape index (κ1) is 18.1. The minimum atomic E-state index is -5.16. The van der Waals surface area contributed by atoms with E-state index in [1.807, 2.05) is 0 Å². The summed E-state index contributed by atoms with van der Waals surface area (Å²) in [4.78, 5) is 12.4. The standard InChI is InChI=1S/C18H14F4N2O2/c19-14-9-5-4-8-13(14)15-11-17(26,18(20,21)22)24(23-15)16(25)10-12-6-2-1-3-7-12/h1-9,26H,10-11H2. The fourth-order valence-electron chi connectivity index (χ4n) is 2.72. The molecule has 1 atom stereocenters. The molecular weight excluding hydrogens is 352 g/mol. The maximum Gasteiger partial charge on any atom is 0.438 e. The molecule has 8 heteroatoms. The number of benzene rings is 2. The van der Waals surface area contributed by atoms with Gasteiger partial charge in [-0.05, 0) is 11.6 Å². The maximum atomic E-state index is 13.9. The van der Waals surface area contributed by atoms with Crippen LogP contribution in [0.5, 0.6) is 0 Å². The molecular formula is C18H14F4N2O2. The number of halogens is 4. The van der Waals surface area contributed by atoms with E-state index in [1.54, 1.807) is 30.3 Å². The predicted molar refractivity (Wildman–Crippen MR) is 85.6 cm³/mol. The quantitative estimate of drug-likeness (QED) is 0.848. The Bertz CT molecular complexity index is 852. The SMILES string of the molecule is O=C(Cc1ccccc1)N1N=C(c2ccccc2F)CC1(O)C(F)(F)F. The van der Waals surface area contributed by atoms with E-state index in [-0.39, 0.29) is 22.7 Å². The highest BCUT2D eigenvalue weighted by atomic mass is 19.4. The zero-order valence-corrected chi connectivity index (χ0v) is 13.4. The van der Waals surface area contributed by atoms with Crippen LogP contribution >= 0.6 is 0 Å². The lowest BCUT2D eigenvalue weighted by Gasteiger charge is -2.32. The molecule has 1 amide bonds. The second kappa shape index (κ2) is 6.53. The molecule has 3 rings (SSSR count). The lowest BCUT2D eigenvalue weighted by molar-refractivity contribution is -0.302. The third-order valence-corrected chi connectivity index (χ3v) is 4.06. The van der Waals surface area contributed by atoms with Crippen LogP contribution in [0.15, 0.2) is 59.7 Å². The third kappa shape index (κ3) is 3.20. The Labute approximate surface area is 146 Å². The van der Waals surface area contributed by atoms with Gasteiger partial charge < -0.3 is 5.11 Å². The van der Waals surface area contributed by atoms with Crippen molar-refractivity contribution in [3.63, 3.8) is 0 Å². The molecule has 26 heavy (non-hydrogen) atoms. The van der Waals surface area contributed by atoms with Crippen molar-refractivity contribution in [1.82, 2.24) is 5.01 Å². The summed E-state index contributed by atoms with van der Waals surface area (Å²) in [7, 11) is 0. The van der Waals surface area contributed by atoms with Crippen molar-refractivity contribution in [3.8, 4) is 0 Å². The van der Waals surface area contributed by atoms with Crippen molar-refractivity contribution in [1.29, 1.82) is 0 Å². The average Bonchev–Trinajstić information content (AvgIpc) is 2.95. The number of hydrogen-bond donors (Lipinski definition) is 1. The molecule has 136 valence electrons. The van der Waals surface area contributed by atoms with E-state index < -0.39 is 30.0 Å². The largest absolute Gasteiger partial charge is 0.438 e. The van der Waals surface area contributed by atoms with Crippen molar-refractivity contribution in [3.05, 3.63) is 71.5 Å². The second-order valence-corrected chi connectivity index (χ2v) is 5.89. The number of aliphatic hydroxyl groups is 1. The van der Waals surface area contributed by atoms with Gasteiger partial charge in [-0.1, -0.05) is 48.5 Å². The maximum absolute atomic E-state index is 13.9. The Morgan fingerprint density at radius 1 is 1.12 bits per heavy atom. The Morgan fingerprint density at radius 2 is 1.73 bits per heavy atom. The van der Waals surface area contributed by atoms with Gasteiger partial charge in [-0.3, -0.25) is 4.79 Å². The fourth-order valence-corrected chi connectivity index (χ4v) is 2.72. The lowest BCUT2D eigenvalue weighted by atomic mass is 10.00. The molecule has 1 N–H and O–H groups in total. The van der Waals surface area contributed by atoms with Gasteiger partial charge in [-0.15, -0.1) is 0 Å². The number of hydrazone groups is 1. The van der Waals surface area contributed by atoms with Gasteiger partial charge in [0.2, 0.25) is 5.91 Å². The number of carbonyl (C=O) groups is 1. The zero-order valence-electron chi connectivity index (χ0n) is 13.4. The van der Waals surface area contributed by atoms with Gasteiger partial charge >= 0.3 is 6.18 Å². The van der Waals surface area contributed by atoms with Gasteiger partial charge in [0, 0.05) is 5.56 Å². The van der Waals surface area contributed by atoms with Gasteiger partial charge in [0.15, 0.2) is 0 Å². The molecule has 1 aliphatic rings. The zero-order chi connectivity index (χ0) is 18.9. The number of hydrogen-bond acceptors (Lipinski definition) is 3. The molecule has 0 bridgehead atoms. The van der Waals surface area contributed by atoms with Crippen LogP contribution in [-0.4, -0.2) is 33.6 Å². The molecule has 0 spiro atoms. The van der Waals surface area contributed by atoms with E-state index in [0.717, 1.165) is 6.07 Å². The van der Waals surface area contributed by atoms with Gasteiger partial charge in [-0.2, -0.15) is 23.3 Å². The molecule has 1 heterocycles. The first-order valence-corrected chi connectivity index (χ1v) is 7.71. The normalized spacial score (nSPS) is 20.2. The minimum Gasteiger partial charge on any atom is -0.362 e. The summed E-state index contributed by atoms with van der Waals surface area (Å²) in [5.74, 6) is -1.82. The van der Waals surface area contributed by atoms with E-state index >= 15 is 0 Å². The highest BCUT2D eigenvalue weighted by molar-refractivity contribution is 6.03. The van der Waals surface area contributed by atoms with Crippen molar-refractivity contribution in [2.45, 2.75) is 24.7 Å². The molecule has 0 saturated carbocycles. The van der Waals surface area contributed by atoms with Crippen LogP contribution < -0.4 is 0 Å². The van der Waals surface area contributed by atoms with E-state index in [4.69, 9.17) is 0 Å². The second-order valence-electron chi connectivity index (χ2n) is 5.89. The van der Waals surface area contributed by atoms with Crippen LogP contribution in [-0.2, 0) is 11.2 Å². The topological polar surface area (TPSA) is 52.9 Å². The molecule has 0 aromatic heterocycles. The number of rotatable bonds is 3. The van der Waals surface area contributed by atoms with Crippen LogP contribution in [0, 0.1) is 5.82 Å². The predicted octanol–water partition coefficient (Wildman–Crippen LogP) is 3.26. The molecule has 2 aromatic rings. The van der Waals surface area contributed by atoms with Crippen molar-refractivity contribution >= 4 is 11.6 Å². The van der Waals surface area contributed by atoms with Gasteiger partial charge in [0.25, 0.3) is 5.72 Å². The molecule has 0 aliphatic carbocycles. The Kier molecular flexibility index (Phi) is 4.53. The number of carbonyl (C=O) groups excluding carboxylic acids is 1. The van der Waals surface area contributed by atoms with Crippen LogP contribution in [0.25, 0.3) is 0 Å². The summed E-state index contributed by atoms with van der Waals surface area (Å²) in [6, 6.07) is 13.2. The van der Waals surface area contributed by atoms with Crippen molar-refractivity contribution < 1.29 is 27.5 Å². The van der Waals surface area contributed by atoms with E-state index in [2.05, 4.69) is 5.10 Å². The first-order chi connectivity index (χ1) is 12.2. The summed E-state index contributed by atoms with van der Waals surface area (Å²) in [5, 5.41) is 13.8. The van der Waals surface area contributed by atoms with Crippen LogP contribution in [0.2, 0.25) is 0 Å². The van der Waals surface area contributed by atoms with Gasteiger partial charge in [0.05, 0.1) is 18.6 Å². The number of alkyl halides is 3. The van der Waals surface area contributed by atoms with E-state index in [1.165, 1.54) is 18.2 Å². The summed E-state index contributed by atoms with van der Waals surface area (Å²) in [6.07, 6.45) is -6.58. The summed E-state index contributed by atoms with van der Waals surface area (Å²) in [5.41, 5.74) is -3.58. The van der Waals surface area contributed by atoms with Crippen molar-refractivity contribution in [2.24, 2.45) is 5.10 Å². The molecule has 0 saturated heterocycles. The fraction of sp³-hybridized carbons (Fsp3) is 0.222. The summed E-state index contributed by atoms with van der Waals surface area (Å²) in [6.45, 7) is 0. The lowest BCUT2D eigenvalue weighted by Crippen LogP contribution is -2.57. The summed E-state index contributed by atoms with van der Waals surface area (Å²) < 4.78 is 54.3. The first-order valence-electron chi connectivity index (χ1n) is 7.71. The van der Waals surface area contributed by atoms with Crippen molar-refractivity contribution in [2.75, 3.05) is 0 Å². The summed E-state index contributed by atoms with van der Waals surface area (Å²) >= 11 is 0. The Hall–Kier alpha value is -2.74. The average molecular weight is 366 g/mol. The van der Waals surface area contributed by atoms with Crippen LogP contribution in [0.1, 0.15) is 17.5 Å². The highest BCUT2D eigenvalue weighted by Gasteiger charge is 2.63. The van der Waals surface area contributed by atoms with E-state index in [9.17, 15) is 27.5 Å². The van der Waals surface area contributed by atoms with E-state index in [0.29, 0.717) is 5.56 Å². The molecule has 2 aromatic carbocycles. The Morgan fingerprint density at radius 3 is 2.35 bits per heavy atom. The highest BCUT2D eigenvalue weighted by Crippen LogP contribution is 2.41. The minimum absolute atomic E-state index is 0.0156. The Balaban J connectivity index is 1.98. The van der Waals surface area contributed by atoms with Crippen LogP contribution in [0.3, 0.4) is 0 Å². The monoisotopic (exact) mass is 366 g/mol. The van der Waals surface area contributed by atoms with Gasteiger partial charge in [-0.25, -0.2) is 4.39 Å². The molecule has 4 nitrogen and oxygen atoms in total. The molecule has 0 radical (unpaired) electrons. The third-order valence-electron chi connectivity index (χ3n) is 4.06. The van der Waals surface area contributed by atoms with Crippen LogP contribution in [0.4, 0.5) is 17.6 Å². The number of nitrogens with zero attached hydrogens (tertiary/aromatic N) is 2. The molecule has 1 aliphatic heterocycles. The molecule has 1 unspecified atom stereocenters. The number of amides is 1.